The van der Waals surface area contributed by atoms with E-state index in [4.69, 9.17) is 16.3 Å². The molecule has 2 aromatic rings. The van der Waals surface area contributed by atoms with Crippen molar-refractivity contribution in [1.29, 1.82) is 0 Å². The normalized spacial score (nSPS) is 20.0. The quantitative estimate of drug-likeness (QED) is 0.602. The number of para-hydroxylation sites is 1. The first-order chi connectivity index (χ1) is 16.4. The number of carbonyl (C=O) groups is 2. The Balaban J connectivity index is 1.40. The average Bonchev–Trinajstić information content (AvgIpc) is 3.11. The van der Waals surface area contributed by atoms with Gasteiger partial charge in [-0.1, -0.05) is 61.8 Å². The molecule has 1 atom stereocenters. The summed E-state index contributed by atoms with van der Waals surface area (Å²) in [6, 6.07) is 16.9. The lowest BCUT2D eigenvalue weighted by atomic mass is 9.95. The smallest absolute Gasteiger partial charge is 0.246 e. The molecule has 2 saturated heterocycles. The van der Waals surface area contributed by atoms with Gasteiger partial charge in [-0.2, -0.15) is 0 Å². The van der Waals surface area contributed by atoms with Gasteiger partial charge in [-0.25, -0.2) is 0 Å². The third-order valence-corrected chi connectivity index (χ3v) is 7.02. The van der Waals surface area contributed by atoms with Crippen LogP contribution >= 0.6 is 11.6 Å². The van der Waals surface area contributed by atoms with Gasteiger partial charge in [0.05, 0.1) is 18.2 Å². The maximum atomic E-state index is 13.3. The lowest BCUT2D eigenvalue weighted by Gasteiger charge is -2.44. The van der Waals surface area contributed by atoms with E-state index in [0.717, 1.165) is 11.3 Å². The molecule has 180 valence electrons. The number of piperidine rings is 1. The fraction of sp³-hybridized carbons (Fsp3) is 0.407. The molecule has 0 bridgehead atoms. The third kappa shape index (κ3) is 5.29. The summed E-state index contributed by atoms with van der Waals surface area (Å²) < 4.78 is 5.88. The molecule has 1 N–H and O–H groups in total. The van der Waals surface area contributed by atoms with Crippen LogP contribution in [-0.2, 0) is 9.59 Å². The van der Waals surface area contributed by atoms with Crippen LogP contribution in [0.25, 0.3) is 6.08 Å². The van der Waals surface area contributed by atoms with Crippen molar-refractivity contribution in [3.05, 3.63) is 71.3 Å². The summed E-state index contributed by atoms with van der Waals surface area (Å²) in [5, 5.41) is 4.24. The molecule has 34 heavy (non-hydrogen) atoms. The van der Waals surface area contributed by atoms with Crippen molar-refractivity contribution in [2.45, 2.75) is 38.4 Å². The van der Waals surface area contributed by atoms with E-state index in [9.17, 15) is 9.59 Å². The van der Waals surface area contributed by atoms with Crippen LogP contribution in [0, 0.1) is 5.92 Å². The van der Waals surface area contributed by atoms with Crippen LogP contribution in [0.3, 0.4) is 0 Å². The number of hydrogen-bond donors (Lipinski definition) is 1. The van der Waals surface area contributed by atoms with Gasteiger partial charge in [-0.15, -0.1) is 0 Å². The molecule has 2 fully saturated rings. The van der Waals surface area contributed by atoms with Gasteiger partial charge in [-0.05, 0) is 35.8 Å². The van der Waals surface area contributed by atoms with E-state index in [1.165, 1.54) is 0 Å². The molecule has 2 aliphatic heterocycles. The maximum absolute atomic E-state index is 13.3. The number of amides is 2. The topological polar surface area (TPSA) is 61.9 Å². The number of benzene rings is 2. The number of rotatable bonds is 7. The molecule has 0 saturated carbocycles. The Bertz CT molecular complexity index is 1030. The second-order valence-corrected chi connectivity index (χ2v) is 9.64. The number of nitrogens with zero attached hydrogens (tertiary/aromatic N) is 2. The van der Waals surface area contributed by atoms with Crippen LogP contribution in [0.1, 0.15) is 32.3 Å². The van der Waals surface area contributed by atoms with E-state index in [0.29, 0.717) is 44.1 Å². The Hall–Kier alpha value is -2.83. The fourth-order valence-electron chi connectivity index (χ4n) is 4.74. The van der Waals surface area contributed by atoms with Crippen LogP contribution in [-0.4, -0.2) is 59.6 Å². The van der Waals surface area contributed by atoms with Crippen molar-refractivity contribution in [2.24, 2.45) is 5.92 Å². The van der Waals surface area contributed by atoms with Gasteiger partial charge in [0, 0.05) is 37.0 Å². The molecule has 0 aliphatic carbocycles. The Labute approximate surface area is 206 Å². The van der Waals surface area contributed by atoms with Crippen molar-refractivity contribution >= 4 is 29.5 Å². The highest BCUT2D eigenvalue weighted by molar-refractivity contribution is 6.32. The van der Waals surface area contributed by atoms with E-state index >= 15 is 0 Å². The van der Waals surface area contributed by atoms with Gasteiger partial charge >= 0.3 is 0 Å². The number of halogens is 1. The minimum Gasteiger partial charge on any atom is -0.492 e. The van der Waals surface area contributed by atoms with Gasteiger partial charge in [0.25, 0.3) is 0 Å². The number of ether oxygens (including phenoxy) is 1. The molecular formula is C27H32ClN3O3. The minimum absolute atomic E-state index is 0.0431. The van der Waals surface area contributed by atoms with Crippen LogP contribution in [0.15, 0.2) is 60.7 Å². The first-order valence-electron chi connectivity index (χ1n) is 11.9. The van der Waals surface area contributed by atoms with Crippen LogP contribution in [0.2, 0.25) is 5.02 Å². The summed E-state index contributed by atoms with van der Waals surface area (Å²) in [5.74, 6) is 1.05. The molecule has 2 heterocycles. The Morgan fingerprint density at radius 3 is 2.50 bits per heavy atom. The molecule has 1 unspecified atom stereocenters. The maximum Gasteiger partial charge on any atom is 0.246 e. The Morgan fingerprint density at radius 2 is 1.82 bits per heavy atom. The van der Waals surface area contributed by atoms with Crippen LogP contribution in [0.4, 0.5) is 0 Å². The summed E-state index contributed by atoms with van der Waals surface area (Å²) in [5.41, 5.74) is 0.369. The highest BCUT2D eigenvalue weighted by atomic mass is 35.5. The van der Waals surface area contributed by atoms with E-state index in [1.807, 2.05) is 58.3 Å². The SMILES string of the molecule is CC(C)C1NC2(CCN(C(=O)/C=C/c3ccccc3Cl)CC2)N(CCOc2ccccc2)C1=O. The van der Waals surface area contributed by atoms with Gasteiger partial charge in [0.1, 0.15) is 12.4 Å². The molecule has 1 spiro atoms. The summed E-state index contributed by atoms with van der Waals surface area (Å²) in [7, 11) is 0. The molecule has 2 amide bonds. The van der Waals surface area contributed by atoms with Crippen molar-refractivity contribution in [2.75, 3.05) is 26.2 Å². The second kappa shape index (κ2) is 10.6. The number of nitrogens with one attached hydrogen (secondary N) is 1. The number of carbonyl (C=O) groups excluding carboxylic acids is 2. The van der Waals surface area contributed by atoms with Gasteiger partial charge in [0.2, 0.25) is 11.8 Å². The average molecular weight is 482 g/mol. The van der Waals surface area contributed by atoms with E-state index in [-0.39, 0.29) is 23.8 Å². The summed E-state index contributed by atoms with van der Waals surface area (Å²) in [4.78, 5) is 29.9. The van der Waals surface area contributed by atoms with E-state index in [1.54, 1.807) is 18.2 Å². The molecule has 7 heteroatoms. The van der Waals surface area contributed by atoms with Crippen molar-refractivity contribution in [3.8, 4) is 5.75 Å². The molecule has 2 aromatic carbocycles. The first-order valence-corrected chi connectivity index (χ1v) is 12.3. The highest BCUT2D eigenvalue weighted by Gasteiger charge is 2.52. The molecule has 6 nitrogen and oxygen atoms in total. The van der Waals surface area contributed by atoms with Crippen molar-refractivity contribution in [1.82, 2.24) is 15.1 Å². The van der Waals surface area contributed by atoms with Crippen molar-refractivity contribution < 1.29 is 14.3 Å². The zero-order chi connectivity index (χ0) is 24.1. The Kier molecular flexibility index (Phi) is 7.59. The second-order valence-electron chi connectivity index (χ2n) is 9.23. The van der Waals surface area contributed by atoms with Gasteiger partial charge < -0.3 is 14.5 Å². The van der Waals surface area contributed by atoms with Crippen LogP contribution in [0.5, 0.6) is 5.75 Å². The number of hydrogen-bond acceptors (Lipinski definition) is 4. The van der Waals surface area contributed by atoms with E-state index < -0.39 is 5.66 Å². The minimum atomic E-state index is -0.449. The number of likely N-dealkylation sites (tertiary alicyclic amines) is 1. The van der Waals surface area contributed by atoms with Gasteiger partial charge in [0.15, 0.2) is 0 Å². The predicted molar refractivity (Wildman–Crippen MR) is 134 cm³/mol. The molecule has 0 radical (unpaired) electrons. The molecular weight excluding hydrogens is 450 g/mol. The lowest BCUT2D eigenvalue weighted by molar-refractivity contribution is -0.135. The monoisotopic (exact) mass is 481 g/mol. The summed E-state index contributed by atoms with van der Waals surface area (Å²) in [6.45, 7) is 6.20. The highest BCUT2D eigenvalue weighted by Crippen LogP contribution is 2.34. The fourth-order valence-corrected chi connectivity index (χ4v) is 4.94. The van der Waals surface area contributed by atoms with E-state index in [2.05, 4.69) is 19.2 Å². The molecule has 0 aromatic heterocycles. The zero-order valence-corrected chi connectivity index (χ0v) is 20.5. The van der Waals surface area contributed by atoms with Gasteiger partial charge in [-0.3, -0.25) is 14.9 Å². The van der Waals surface area contributed by atoms with Crippen molar-refractivity contribution in [3.63, 3.8) is 0 Å². The lowest BCUT2D eigenvalue weighted by Crippen LogP contribution is -2.60. The largest absolute Gasteiger partial charge is 0.492 e. The summed E-state index contributed by atoms with van der Waals surface area (Å²) >= 11 is 6.19. The third-order valence-electron chi connectivity index (χ3n) is 6.68. The predicted octanol–water partition coefficient (Wildman–Crippen LogP) is 4.21. The molecule has 2 aliphatic rings. The zero-order valence-electron chi connectivity index (χ0n) is 19.7. The van der Waals surface area contributed by atoms with Crippen LogP contribution < -0.4 is 10.1 Å². The standard InChI is InChI=1S/C27H32ClN3O3/c1-20(2)25-26(33)31(18-19-34-22-9-4-3-5-10-22)27(29-25)14-16-30(17-15-27)24(32)13-12-21-8-6-7-11-23(21)28/h3-13,20,25,29H,14-19H2,1-2H3/b13-12+. The summed E-state index contributed by atoms with van der Waals surface area (Å²) in [6.07, 6.45) is 4.70. The Morgan fingerprint density at radius 1 is 1.15 bits per heavy atom. The molecule has 4 rings (SSSR count). The first kappa shape index (κ1) is 24.3.